The summed E-state index contributed by atoms with van der Waals surface area (Å²) in [5, 5.41) is 9.95. The monoisotopic (exact) mass is 644 g/mol. The number of fused-ring (bicyclic) bond motifs is 4. The summed E-state index contributed by atoms with van der Waals surface area (Å²) in [5.41, 5.74) is 2.89. The molecule has 6 rings (SSSR count). The van der Waals surface area contributed by atoms with Crippen molar-refractivity contribution in [3.63, 3.8) is 0 Å². The number of anilines is 1. The van der Waals surface area contributed by atoms with Gasteiger partial charge in [0.1, 0.15) is 6.04 Å². The second-order valence-electron chi connectivity index (χ2n) is 11.9. The van der Waals surface area contributed by atoms with Gasteiger partial charge in [-0.15, -0.1) is 0 Å². The minimum absolute atomic E-state index is 0.0335. The number of imide groups is 1. The molecule has 47 heavy (non-hydrogen) atoms. The highest BCUT2D eigenvalue weighted by molar-refractivity contribution is 6.21. The minimum atomic E-state index is -1.48. The number of amides is 4. The third-order valence-corrected chi connectivity index (χ3v) is 8.58. The predicted octanol–water partition coefficient (Wildman–Crippen LogP) is 5.31. The molecule has 1 unspecified atom stereocenters. The molecule has 2 atom stereocenters. The summed E-state index contributed by atoms with van der Waals surface area (Å²) < 4.78 is 23.0. The Morgan fingerprint density at radius 1 is 0.809 bits per heavy atom. The maximum atomic E-state index is 13.4. The van der Waals surface area contributed by atoms with Crippen LogP contribution in [0.3, 0.4) is 0 Å². The number of methoxy groups -OCH3 is 2. The Labute approximate surface area is 271 Å². The van der Waals surface area contributed by atoms with Gasteiger partial charge in [-0.3, -0.25) is 19.4 Å². The summed E-state index contributed by atoms with van der Waals surface area (Å²) in [4.78, 5) is 60.2. The molecule has 2 aromatic rings. The van der Waals surface area contributed by atoms with Crippen molar-refractivity contribution in [2.75, 3.05) is 32.3 Å². The first kappa shape index (κ1) is 31.6. The zero-order chi connectivity index (χ0) is 33.4. The first-order valence-electron chi connectivity index (χ1n) is 15.4. The third kappa shape index (κ3) is 5.88. The number of hydrogen-bond donors (Lipinski definition) is 1. The van der Waals surface area contributed by atoms with Crippen molar-refractivity contribution in [3.8, 4) is 23.0 Å². The van der Waals surface area contributed by atoms with E-state index in [1.165, 1.54) is 31.3 Å². The average molecular weight is 645 g/mol. The van der Waals surface area contributed by atoms with Gasteiger partial charge in [-0.2, -0.15) is 0 Å². The van der Waals surface area contributed by atoms with Crippen LogP contribution in [0.15, 0.2) is 52.8 Å². The molecule has 246 valence electrons. The van der Waals surface area contributed by atoms with E-state index in [4.69, 9.17) is 18.9 Å². The van der Waals surface area contributed by atoms with Crippen LogP contribution in [0.4, 0.5) is 16.2 Å². The van der Waals surface area contributed by atoms with Gasteiger partial charge in [-0.25, -0.2) is 9.69 Å². The maximum absolute atomic E-state index is 13.4. The Kier molecular flexibility index (Phi) is 8.63. The molecule has 0 saturated heterocycles. The van der Waals surface area contributed by atoms with Gasteiger partial charge in [0.15, 0.2) is 23.0 Å². The lowest BCUT2D eigenvalue weighted by Crippen LogP contribution is -2.46. The van der Waals surface area contributed by atoms with E-state index in [0.717, 1.165) is 24.0 Å². The molecule has 1 N–H and O–H groups in total. The normalized spacial score (nSPS) is 19.7. The van der Waals surface area contributed by atoms with Gasteiger partial charge in [-0.05, 0) is 58.1 Å². The van der Waals surface area contributed by atoms with Crippen molar-refractivity contribution >= 4 is 41.4 Å². The second kappa shape index (κ2) is 12.8. The van der Waals surface area contributed by atoms with E-state index >= 15 is 0 Å². The van der Waals surface area contributed by atoms with Gasteiger partial charge in [0, 0.05) is 30.7 Å². The molecule has 13 heteroatoms. The number of ether oxygens (including phenoxy) is 4. The quantitative estimate of drug-likeness (QED) is 0.340. The minimum Gasteiger partial charge on any atom is -0.493 e. The first-order chi connectivity index (χ1) is 22.6. The molecular formula is C34H36N4O9. The predicted molar refractivity (Wildman–Crippen MR) is 171 cm³/mol. The molecule has 4 aliphatic rings. The Hall–Kier alpha value is -5.33. The lowest BCUT2D eigenvalue weighted by Gasteiger charge is -2.22. The van der Waals surface area contributed by atoms with E-state index in [9.17, 15) is 24.3 Å². The lowest BCUT2D eigenvalue weighted by atomic mass is 10.1. The summed E-state index contributed by atoms with van der Waals surface area (Å²) in [6.07, 6.45) is 6.83. The van der Waals surface area contributed by atoms with Crippen LogP contribution in [0, 0.1) is 0 Å². The number of carbonyl (C=O) groups excluding carboxylic acids is 3. The van der Waals surface area contributed by atoms with Gasteiger partial charge in [0.25, 0.3) is 17.7 Å². The highest BCUT2D eigenvalue weighted by atomic mass is 16.5. The molecule has 0 spiro atoms. The van der Waals surface area contributed by atoms with Crippen LogP contribution in [0.2, 0.25) is 0 Å². The number of rotatable bonds is 10. The van der Waals surface area contributed by atoms with Crippen molar-refractivity contribution in [1.29, 1.82) is 0 Å². The lowest BCUT2D eigenvalue weighted by molar-refractivity contribution is -0.121. The van der Waals surface area contributed by atoms with E-state index in [0.29, 0.717) is 47.1 Å². The average Bonchev–Trinajstić information content (AvgIpc) is 3.58. The standard InChI is InChI=1S/C34H36N4O9/c1-19-10-21-16-35-24-14-29(27(44-3)12-22(24)31(39)36(21)17-19)46-8-6-5-7-9-47-30-15-25-23(13-28(30)45-4)32(40)37-18-20(2)11-26(37)33(41)38(25)34(42)43/h12-18,21,26H,5-11H2,1-4H3,(H,42,43)/t21-,26?/m0/s1. The zero-order valence-electron chi connectivity index (χ0n) is 26.6. The van der Waals surface area contributed by atoms with Crippen molar-refractivity contribution in [1.82, 2.24) is 9.80 Å². The summed E-state index contributed by atoms with van der Waals surface area (Å²) in [6.45, 7) is 4.44. The fourth-order valence-corrected chi connectivity index (χ4v) is 6.27. The van der Waals surface area contributed by atoms with E-state index in [2.05, 4.69) is 4.99 Å². The van der Waals surface area contributed by atoms with Crippen LogP contribution < -0.4 is 23.8 Å². The van der Waals surface area contributed by atoms with Gasteiger partial charge < -0.3 is 33.9 Å². The number of benzene rings is 2. The topological polar surface area (TPSA) is 148 Å². The van der Waals surface area contributed by atoms with E-state index in [1.54, 1.807) is 36.4 Å². The summed E-state index contributed by atoms with van der Waals surface area (Å²) in [6, 6.07) is 5.17. The van der Waals surface area contributed by atoms with Crippen LogP contribution >= 0.6 is 0 Å². The molecule has 0 radical (unpaired) electrons. The maximum Gasteiger partial charge on any atom is 0.418 e. The fourth-order valence-electron chi connectivity index (χ4n) is 6.27. The molecule has 4 heterocycles. The highest BCUT2D eigenvalue weighted by Crippen LogP contribution is 2.41. The SMILES string of the molecule is COc1cc2c(cc1OCCCCCOc1cc3c(cc1OC)C(=O)N1C=C(C)CC1C(=O)N3C(=O)O)N=C[C@@H]1CC(C)=CN1C2=O. The van der Waals surface area contributed by atoms with Gasteiger partial charge in [-0.1, -0.05) is 11.1 Å². The second-order valence-corrected chi connectivity index (χ2v) is 11.9. The molecule has 0 aromatic heterocycles. The van der Waals surface area contributed by atoms with Crippen molar-refractivity contribution < 1.29 is 43.2 Å². The Morgan fingerprint density at radius 2 is 1.40 bits per heavy atom. The van der Waals surface area contributed by atoms with Crippen LogP contribution in [-0.4, -0.2) is 84.5 Å². The number of carboxylic acid groups (broad SMARTS) is 1. The number of aliphatic imine (C=N–C) groups is 1. The van der Waals surface area contributed by atoms with Gasteiger partial charge >= 0.3 is 6.09 Å². The molecule has 0 fully saturated rings. The molecule has 0 aliphatic carbocycles. The summed E-state index contributed by atoms with van der Waals surface area (Å²) in [5.74, 6) is 0.0969. The number of unbranched alkanes of at least 4 members (excludes halogenated alkanes) is 2. The molecule has 13 nitrogen and oxygen atoms in total. The molecule has 4 amide bonds. The van der Waals surface area contributed by atoms with Crippen molar-refractivity contribution in [3.05, 3.63) is 58.9 Å². The van der Waals surface area contributed by atoms with Crippen LogP contribution in [0.5, 0.6) is 23.0 Å². The Bertz CT molecular complexity index is 1750. The molecular weight excluding hydrogens is 608 g/mol. The van der Waals surface area contributed by atoms with Crippen LogP contribution in [0.25, 0.3) is 0 Å². The van der Waals surface area contributed by atoms with Gasteiger partial charge in [0.2, 0.25) is 0 Å². The largest absolute Gasteiger partial charge is 0.493 e. The molecule has 0 bridgehead atoms. The molecule has 0 saturated carbocycles. The van der Waals surface area contributed by atoms with Crippen LogP contribution in [0.1, 0.15) is 66.7 Å². The number of carbonyl (C=O) groups is 4. The molecule has 2 aromatic carbocycles. The van der Waals surface area contributed by atoms with Gasteiger partial charge in [0.05, 0.1) is 56.0 Å². The number of nitrogens with zero attached hydrogens (tertiary/aromatic N) is 4. The van der Waals surface area contributed by atoms with Crippen molar-refractivity contribution in [2.24, 2.45) is 4.99 Å². The molecule has 4 aliphatic heterocycles. The fraction of sp³-hybridized carbons (Fsp3) is 0.382. The first-order valence-corrected chi connectivity index (χ1v) is 15.4. The van der Waals surface area contributed by atoms with E-state index in [-0.39, 0.29) is 47.7 Å². The highest BCUT2D eigenvalue weighted by Gasteiger charge is 2.44. The summed E-state index contributed by atoms with van der Waals surface area (Å²) >= 11 is 0. The Balaban J connectivity index is 1.07. The van der Waals surface area contributed by atoms with E-state index in [1.807, 2.05) is 13.1 Å². The third-order valence-electron chi connectivity index (χ3n) is 8.58. The smallest absolute Gasteiger partial charge is 0.418 e. The zero-order valence-corrected chi connectivity index (χ0v) is 26.6. The van der Waals surface area contributed by atoms with Crippen molar-refractivity contribution in [2.45, 2.75) is 58.0 Å². The Morgan fingerprint density at radius 3 is 2.06 bits per heavy atom. The van der Waals surface area contributed by atoms with Crippen LogP contribution in [-0.2, 0) is 4.79 Å². The summed E-state index contributed by atoms with van der Waals surface area (Å²) in [7, 11) is 2.95. The number of hydrogen-bond acceptors (Lipinski definition) is 9. The van der Waals surface area contributed by atoms with E-state index < -0.39 is 23.9 Å².